The summed E-state index contributed by atoms with van der Waals surface area (Å²) >= 11 is 1.20. The van der Waals surface area contributed by atoms with Gasteiger partial charge in [0.1, 0.15) is 0 Å². The van der Waals surface area contributed by atoms with Gasteiger partial charge in [-0.25, -0.2) is 0 Å². The summed E-state index contributed by atoms with van der Waals surface area (Å²) in [4.78, 5) is 25.6. The van der Waals surface area contributed by atoms with Crippen molar-refractivity contribution in [1.29, 1.82) is 0 Å². The summed E-state index contributed by atoms with van der Waals surface area (Å²) < 4.78 is 37.0. The van der Waals surface area contributed by atoms with Crippen LogP contribution in [0.15, 0.2) is 23.0 Å². The van der Waals surface area contributed by atoms with Crippen molar-refractivity contribution in [3.8, 4) is 0 Å². The summed E-state index contributed by atoms with van der Waals surface area (Å²) in [5, 5.41) is 1.78. The lowest BCUT2D eigenvalue weighted by Crippen LogP contribution is -2.53. The number of carbonyl (C=O) groups excluding carboxylic acids is 2. The van der Waals surface area contributed by atoms with E-state index in [1.165, 1.54) is 16.7 Å². The quantitative estimate of drug-likeness (QED) is 0.725. The lowest BCUT2D eigenvalue weighted by atomic mass is 10.3. The summed E-state index contributed by atoms with van der Waals surface area (Å²) in [6.45, 7) is 5.65. The van der Waals surface area contributed by atoms with E-state index in [-0.39, 0.29) is 32.1 Å². The van der Waals surface area contributed by atoms with E-state index in [0.29, 0.717) is 4.91 Å². The second kappa shape index (κ2) is 8.26. The number of piperazine rings is 1. The van der Waals surface area contributed by atoms with Crippen molar-refractivity contribution in [3.05, 3.63) is 23.0 Å². The third-order valence-corrected chi connectivity index (χ3v) is 3.88. The van der Waals surface area contributed by atoms with E-state index in [4.69, 9.17) is 0 Å². The lowest BCUT2D eigenvalue weighted by molar-refractivity contribution is -0.187. The lowest BCUT2D eigenvalue weighted by Gasteiger charge is -2.35. The average molecular weight is 336 g/mol. The third kappa shape index (κ3) is 5.40. The summed E-state index contributed by atoms with van der Waals surface area (Å²) in [5.74, 6) is -2.15. The molecule has 124 valence electrons. The molecule has 1 rings (SSSR count). The van der Waals surface area contributed by atoms with Crippen LogP contribution in [0.3, 0.4) is 0 Å². The molecule has 1 aliphatic heterocycles. The summed E-state index contributed by atoms with van der Waals surface area (Å²) in [6, 6.07) is 0. The Kier molecular flexibility index (Phi) is 6.99. The Balaban J connectivity index is 2.45. The summed E-state index contributed by atoms with van der Waals surface area (Å²) in [5.41, 5.74) is 0. The molecule has 2 amide bonds. The molecule has 0 unspecified atom stereocenters. The van der Waals surface area contributed by atoms with Crippen molar-refractivity contribution < 1.29 is 22.8 Å². The zero-order chi connectivity index (χ0) is 16.8. The average Bonchev–Trinajstić information content (AvgIpc) is 2.49. The molecular formula is C14H19F3N2O2S. The molecule has 0 atom stereocenters. The Bertz CT molecular complexity index is 455. The maximum Gasteiger partial charge on any atom is 0.471 e. The molecule has 22 heavy (non-hydrogen) atoms. The molecule has 1 aliphatic rings. The van der Waals surface area contributed by atoms with Crippen LogP contribution >= 0.6 is 11.8 Å². The van der Waals surface area contributed by atoms with Gasteiger partial charge in [-0.05, 0) is 11.8 Å². The number of thioether (sulfide) groups is 1. The number of amides is 2. The highest BCUT2D eigenvalue weighted by molar-refractivity contribution is 8.06. The zero-order valence-electron chi connectivity index (χ0n) is 12.4. The number of allylic oxidation sites excluding steroid dienone is 1. The van der Waals surface area contributed by atoms with Crippen molar-refractivity contribution >= 4 is 23.6 Å². The van der Waals surface area contributed by atoms with E-state index in [9.17, 15) is 22.8 Å². The SMILES string of the molecule is C=C(S/C=C\CCC)C(=O)N1CCN(C(=O)C(F)(F)F)CC1. The van der Waals surface area contributed by atoms with E-state index in [1.54, 1.807) is 5.41 Å². The molecule has 8 heteroatoms. The normalized spacial score (nSPS) is 16.2. The Morgan fingerprint density at radius 3 is 2.23 bits per heavy atom. The van der Waals surface area contributed by atoms with Gasteiger partial charge in [-0.1, -0.05) is 37.8 Å². The molecule has 0 aromatic rings. The first kappa shape index (κ1) is 18.6. The molecule has 1 heterocycles. The van der Waals surface area contributed by atoms with E-state index >= 15 is 0 Å². The molecule has 0 aliphatic carbocycles. The van der Waals surface area contributed by atoms with Crippen molar-refractivity contribution in [2.24, 2.45) is 0 Å². The third-order valence-electron chi connectivity index (χ3n) is 3.10. The zero-order valence-corrected chi connectivity index (χ0v) is 13.2. The van der Waals surface area contributed by atoms with Crippen LogP contribution in [-0.2, 0) is 9.59 Å². The highest BCUT2D eigenvalue weighted by atomic mass is 32.2. The van der Waals surface area contributed by atoms with Gasteiger partial charge in [0.2, 0.25) is 0 Å². The van der Waals surface area contributed by atoms with Gasteiger partial charge in [0.05, 0.1) is 4.91 Å². The van der Waals surface area contributed by atoms with Gasteiger partial charge in [0, 0.05) is 26.2 Å². The van der Waals surface area contributed by atoms with Crippen LogP contribution in [0.1, 0.15) is 19.8 Å². The standard InChI is InChI=1S/C14H19F3N2O2S/c1-3-4-5-10-22-11(2)12(20)18-6-8-19(9-7-18)13(21)14(15,16)17/h5,10H,2-4,6-9H2,1H3/b10-5-. The molecule has 0 aromatic carbocycles. The first-order valence-corrected chi connectivity index (χ1v) is 7.81. The van der Waals surface area contributed by atoms with E-state index in [0.717, 1.165) is 17.7 Å². The van der Waals surface area contributed by atoms with Gasteiger partial charge >= 0.3 is 12.1 Å². The van der Waals surface area contributed by atoms with Crippen molar-refractivity contribution in [1.82, 2.24) is 9.80 Å². The van der Waals surface area contributed by atoms with Crippen molar-refractivity contribution in [3.63, 3.8) is 0 Å². The number of carbonyl (C=O) groups is 2. The summed E-state index contributed by atoms with van der Waals surface area (Å²) in [7, 11) is 0. The van der Waals surface area contributed by atoms with Crippen LogP contribution in [0.25, 0.3) is 0 Å². The number of nitrogens with zero attached hydrogens (tertiary/aromatic N) is 2. The highest BCUT2D eigenvalue weighted by Crippen LogP contribution is 2.22. The number of unbranched alkanes of at least 4 members (excludes halogenated alkanes) is 1. The van der Waals surface area contributed by atoms with Crippen LogP contribution in [0, 0.1) is 0 Å². The number of hydrogen-bond donors (Lipinski definition) is 0. The minimum Gasteiger partial charge on any atom is -0.335 e. The van der Waals surface area contributed by atoms with Crippen LogP contribution < -0.4 is 0 Å². The molecule has 0 bridgehead atoms. The second-order valence-electron chi connectivity index (χ2n) is 4.78. The molecule has 0 N–H and O–H groups in total. The molecular weight excluding hydrogens is 317 g/mol. The first-order valence-electron chi connectivity index (χ1n) is 6.93. The minimum atomic E-state index is -4.87. The molecule has 4 nitrogen and oxygen atoms in total. The number of rotatable bonds is 5. The van der Waals surface area contributed by atoms with Crippen molar-refractivity contribution in [2.75, 3.05) is 26.2 Å². The van der Waals surface area contributed by atoms with E-state index in [1.807, 2.05) is 13.0 Å². The molecule has 0 radical (unpaired) electrons. The topological polar surface area (TPSA) is 40.6 Å². The fourth-order valence-corrected chi connectivity index (χ4v) is 2.51. The van der Waals surface area contributed by atoms with Gasteiger partial charge in [0.15, 0.2) is 0 Å². The number of alkyl halides is 3. The highest BCUT2D eigenvalue weighted by Gasteiger charge is 2.43. The van der Waals surface area contributed by atoms with Gasteiger partial charge < -0.3 is 9.80 Å². The van der Waals surface area contributed by atoms with Crippen LogP contribution in [0.5, 0.6) is 0 Å². The van der Waals surface area contributed by atoms with Gasteiger partial charge in [-0.2, -0.15) is 13.2 Å². The largest absolute Gasteiger partial charge is 0.471 e. The Hall–Kier alpha value is -1.44. The fraction of sp³-hybridized carbons (Fsp3) is 0.571. The Labute approximate surface area is 132 Å². The van der Waals surface area contributed by atoms with Gasteiger partial charge in [0.25, 0.3) is 5.91 Å². The minimum absolute atomic E-state index is 0.0822. The van der Waals surface area contributed by atoms with Gasteiger partial charge in [-0.3, -0.25) is 9.59 Å². The molecule has 0 spiro atoms. The maximum atomic E-state index is 12.3. The smallest absolute Gasteiger partial charge is 0.335 e. The Morgan fingerprint density at radius 1 is 1.18 bits per heavy atom. The van der Waals surface area contributed by atoms with Crippen molar-refractivity contribution in [2.45, 2.75) is 25.9 Å². The predicted molar refractivity (Wildman–Crippen MR) is 80.0 cm³/mol. The van der Waals surface area contributed by atoms with Crippen LogP contribution in [0.2, 0.25) is 0 Å². The number of halogens is 3. The molecule has 0 saturated carbocycles. The first-order chi connectivity index (χ1) is 10.3. The number of hydrogen-bond acceptors (Lipinski definition) is 3. The molecule has 1 saturated heterocycles. The van der Waals surface area contributed by atoms with E-state index < -0.39 is 12.1 Å². The van der Waals surface area contributed by atoms with Crippen LogP contribution in [-0.4, -0.2) is 54.0 Å². The monoisotopic (exact) mass is 336 g/mol. The van der Waals surface area contributed by atoms with Crippen LogP contribution in [0.4, 0.5) is 13.2 Å². The summed E-state index contributed by atoms with van der Waals surface area (Å²) in [6.07, 6.45) is -1.02. The maximum absolute atomic E-state index is 12.3. The predicted octanol–water partition coefficient (Wildman–Crippen LogP) is 2.78. The van der Waals surface area contributed by atoms with Gasteiger partial charge in [-0.15, -0.1) is 0 Å². The van der Waals surface area contributed by atoms with E-state index in [2.05, 4.69) is 6.58 Å². The second-order valence-corrected chi connectivity index (χ2v) is 5.78. The molecule has 0 aromatic heterocycles. The Morgan fingerprint density at radius 2 is 1.73 bits per heavy atom. The fourth-order valence-electron chi connectivity index (χ4n) is 1.88. The molecule has 1 fully saturated rings.